The second-order valence-electron chi connectivity index (χ2n) is 9.52. The van der Waals surface area contributed by atoms with Gasteiger partial charge in [0.1, 0.15) is 17.1 Å². The van der Waals surface area contributed by atoms with Crippen LogP contribution in [0.5, 0.6) is 5.75 Å². The maximum absolute atomic E-state index is 11.5. The van der Waals surface area contributed by atoms with E-state index < -0.39 is 5.60 Å². The van der Waals surface area contributed by atoms with E-state index in [1.165, 1.54) is 17.6 Å². The van der Waals surface area contributed by atoms with Crippen molar-refractivity contribution in [3.63, 3.8) is 0 Å². The van der Waals surface area contributed by atoms with Crippen molar-refractivity contribution in [1.82, 2.24) is 14.9 Å². The van der Waals surface area contributed by atoms with Crippen molar-refractivity contribution in [3.8, 4) is 5.75 Å². The first-order valence-electron chi connectivity index (χ1n) is 11.8. The van der Waals surface area contributed by atoms with Crippen LogP contribution < -0.4 is 4.74 Å². The number of methoxy groups -OCH3 is 1. The number of rotatable bonds is 8. The van der Waals surface area contributed by atoms with Crippen LogP contribution in [0.1, 0.15) is 37.1 Å². The number of allylic oxidation sites excluding steroid dienone is 1. The summed E-state index contributed by atoms with van der Waals surface area (Å²) in [6.45, 7) is 1.79. The maximum Gasteiger partial charge on any atom is 0.146 e. The first-order chi connectivity index (χ1) is 15.6. The van der Waals surface area contributed by atoms with Crippen LogP contribution in [-0.2, 0) is 6.42 Å². The third-order valence-corrected chi connectivity index (χ3v) is 7.45. The average molecular weight is 432 g/mol. The van der Waals surface area contributed by atoms with E-state index in [-0.39, 0.29) is 5.92 Å². The molecule has 168 valence electrons. The number of H-pyrrole nitrogens is 1. The number of benzene rings is 2. The molecule has 6 rings (SSSR count). The summed E-state index contributed by atoms with van der Waals surface area (Å²) in [5, 5.41) is 11.5. The maximum atomic E-state index is 11.5. The van der Waals surface area contributed by atoms with Gasteiger partial charge in [-0.3, -0.25) is 0 Å². The Kier molecular flexibility index (Phi) is 5.78. The van der Waals surface area contributed by atoms with E-state index in [0.717, 1.165) is 61.4 Å². The molecule has 0 spiro atoms. The van der Waals surface area contributed by atoms with Gasteiger partial charge in [-0.1, -0.05) is 42.5 Å². The number of para-hydroxylation sites is 1. The molecule has 2 bridgehead atoms. The van der Waals surface area contributed by atoms with Crippen LogP contribution in [0.4, 0.5) is 0 Å². The number of nitrogens with one attached hydrogen (secondary N) is 1. The predicted molar refractivity (Wildman–Crippen MR) is 129 cm³/mol. The van der Waals surface area contributed by atoms with E-state index in [9.17, 15) is 5.11 Å². The Hall–Kier alpha value is -2.63. The number of hydrogen-bond acceptors (Lipinski definition) is 4. The highest BCUT2D eigenvalue weighted by Crippen LogP contribution is 2.51. The number of aliphatic hydroxyl groups is 1. The molecule has 3 atom stereocenters. The van der Waals surface area contributed by atoms with Crippen LogP contribution in [0.15, 0.2) is 54.6 Å². The molecule has 3 aromatic rings. The molecule has 1 heterocycles. The van der Waals surface area contributed by atoms with Crippen LogP contribution >= 0.6 is 0 Å². The predicted octanol–water partition coefficient (Wildman–Crippen LogP) is 4.68. The summed E-state index contributed by atoms with van der Waals surface area (Å²) >= 11 is 0. The van der Waals surface area contributed by atoms with Crippen molar-refractivity contribution in [2.24, 2.45) is 11.8 Å². The van der Waals surface area contributed by atoms with Gasteiger partial charge in [-0.05, 0) is 61.9 Å². The number of nitrogens with zero attached hydrogens (tertiary/aromatic N) is 2. The van der Waals surface area contributed by atoms with Gasteiger partial charge in [0.25, 0.3) is 0 Å². The molecule has 2 N–H and O–H groups in total. The number of ether oxygens (including phenoxy) is 1. The number of hydrogen-bond donors (Lipinski definition) is 2. The molecule has 1 aromatic heterocycles. The molecule has 3 aliphatic rings. The highest BCUT2D eigenvalue weighted by molar-refractivity contribution is 5.81. The van der Waals surface area contributed by atoms with E-state index in [0.29, 0.717) is 5.92 Å². The topological polar surface area (TPSA) is 61.4 Å². The van der Waals surface area contributed by atoms with E-state index in [1.807, 2.05) is 18.2 Å². The van der Waals surface area contributed by atoms with Crippen molar-refractivity contribution >= 4 is 16.6 Å². The minimum absolute atomic E-state index is 0.263. The summed E-state index contributed by atoms with van der Waals surface area (Å²) in [5.74, 6) is 2.51. The Balaban J connectivity index is 1.19. The zero-order valence-corrected chi connectivity index (χ0v) is 19.1. The second kappa shape index (κ2) is 8.72. The third-order valence-electron chi connectivity index (χ3n) is 7.45. The molecule has 2 aromatic carbocycles. The largest absolute Gasteiger partial charge is 0.494 e. The fourth-order valence-electron chi connectivity index (χ4n) is 5.57. The van der Waals surface area contributed by atoms with Crippen molar-refractivity contribution in [1.29, 1.82) is 0 Å². The van der Waals surface area contributed by atoms with Crippen molar-refractivity contribution < 1.29 is 9.84 Å². The number of imidazole rings is 1. The number of likely N-dealkylation sites (N-methyl/N-ethyl adjacent to an activating group) is 1. The number of fused-ring (bicyclic) bond motifs is 3. The third kappa shape index (κ3) is 4.07. The lowest BCUT2D eigenvalue weighted by atomic mass is 9.61. The van der Waals surface area contributed by atoms with Gasteiger partial charge in [0.05, 0.1) is 18.2 Å². The highest BCUT2D eigenvalue weighted by Gasteiger charge is 2.46. The lowest BCUT2D eigenvalue weighted by Crippen LogP contribution is -2.48. The molecule has 0 unspecified atom stereocenters. The first kappa shape index (κ1) is 21.2. The van der Waals surface area contributed by atoms with Gasteiger partial charge in [0.15, 0.2) is 0 Å². The summed E-state index contributed by atoms with van der Waals surface area (Å²) in [4.78, 5) is 10.4. The molecule has 32 heavy (non-hydrogen) atoms. The normalized spacial score (nSPS) is 24.8. The zero-order valence-electron chi connectivity index (χ0n) is 19.1. The molecule has 0 aliphatic heterocycles. The van der Waals surface area contributed by atoms with Gasteiger partial charge in [0.2, 0.25) is 0 Å². The molecule has 1 fully saturated rings. The Labute approximate surface area is 190 Å². The molecule has 0 saturated heterocycles. The van der Waals surface area contributed by atoms with Crippen molar-refractivity contribution in [2.75, 3.05) is 27.2 Å². The smallest absolute Gasteiger partial charge is 0.146 e. The van der Waals surface area contributed by atoms with Gasteiger partial charge in [0, 0.05) is 25.4 Å². The Morgan fingerprint density at radius 3 is 2.72 bits per heavy atom. The van der Waals surface area contributed by atoms with Crippen LogP contribution in [-0.4, -0.2) is 52.8 Å². The highest BCUT2D eigenvalue weighted by atomic mass is 16.5. The summed E-state index contributed by atoms with van der Waals surface area (Å²) < 4.78 is 5.42. The molecular weight excluding hydrogens is 398 g/mol. The fraction of sp³-hybridized carbons (Fsp3) is 0.444. The lowest BCUT2D eigenvalue weighted by molar-refractivity contribution is -0.0574. The van der Waals surface area contributed by atoms with E-state index in [2.05, 4.69) is 53.3 Å². The van der Waals surface area contributed by atoms with Crippen LogP contribution in [0.2, 0.25) is 0 Å². The van der Waals surface area contributed by atoms with E-state index in [4.69, 9.17) is 9.72 Å². The Bertz CT molecular complexity index is 1110. The standard InChI is InChI=1S/C27H33N3O2/c1-30(15-13-25-28-23-9-6-10-24(32-2)26(23)29-25)16-14-27(31)18-20-11-12-21(27)17-22(20)19-7-4-3-5-8-19/h3-10,17,20-21,31H,11-16,18H2,1-2H3,(H,28,29)/t20-,21-,27+/m0/s1. The van der Waals surface area contributed by atoms with E-state index >= 15 is 0 Å². The van der Waals surface area contributed by atoms with Crippen LogP contribution in [0.25, 0.3) is 16.6 Å². The monoisotopic (exact) mass is 431 g/mol. The van der Waals surface area contributed by atoms with Crippen LogP contribution in [0.3, 0.4) is 0 Å². The Morgan fingerprint density at radius 1 is 1.12 bits per heavy atom. The molecule has 0 amide bonds. The number of aromatic nitrogens is 2. The minimum atomic E-state index is -0.581. The summed E-state index contributed by atoms with van der Waals surface area (Å²) in [7, 11) is 3.82. The fourth-order valence-corrected chi connectivity index (χ4v) is 5.57. The van der Waals surface area contributed by atoms with Crippen LogP contribution in [0, 0.1) is 11.8 Å². The average Bonchev–Trinajstić information content (AvgIpc) is 3.25. The van der Waals surface area contributed by atoms with Crippen molar-refractivity contribution in [2.45, 2.75) is 37.7 Å². The Morgan fingerprint density at radius 2 is 1.97 bits per heavy atom. The van der Waals surface area contributed by atoms with Crippen molar-refractivity contribution in [3.05, 3.63) is 66.0 Å². The molecule has 0 radical (unpaired) electrons. The van der Waals surface area contributed by atoms with E-state index in [1.54, 1.807) is 7.11 Å². The van der Waals surface area contributed by atoms with Gasteiger partial charge < -0.3 is 19.7 Å². The number of aromatic amines is 1. The SMILES string of the molecule is COc1cccc2[nH]c(CCN(C)CC[C@@]3(O)C[C@@H]4CC[C@H]3C=C4c3ccccc3)nc12. The lowest BCUT2D eigenvalue weighted by Gasteiger charge is -2.48. The van der Waals surface area contributed by atoms with Gasteiger partial charge >= 0.3 is 0 Å². The summed E-state index contributed by atoms with van der Waals surface area (Å²) in [6.07, 6.45) is 7.21. The van der Waals surface area contributed by atoms with Gasteiger partial charge in [-0.25, -0.2) is 4.98 Å². The second-order valence-corrected chi connectivity index (χ2v) is 9.52. The van der Waals surface area contributed by atoms with Gasteiger partial charge in [-0.2, -0.15) is 0 Å². The minimum Gasteiger partial charge on any atom is -0.494 e. The molecule has 5 heteroatoms. The van der Waals surface area contributed by atoms with Gasteiger partial charge in [-0.15, -0.1) is 0 Å². The first-order valence-corrected chi connectivity index (χ1v) is 11.8. The zero-order chi connectivity index (χ0) is 22.1. The molecule has 3 aliphatic carbocycles. The molecular formula is C27H33N3O2. The summed E-state index contributed by atoms with van der Waals surface area (Å²) in [5.41, 5.74) is 4.09. The summed E-state index contributed by atoms with van der Waals surface area (Å²) in [6, 6.07) is 16.6. The molecule has 1 saturated carbocycles. The quantitative estimate of drug-likeness (QED) is 0.544. The molecule has 5 nitrogen and oxygen atoms in total.